The van der Waals surface area contributed by atoms with Crippen LogP contribution >= 0.6 is 0 Å². The lowest BCUT2D eigenvalue weighted by Gasteiger charge is -2.08. The molecule has 0 fully saturated rings. The van der Waals surface area contributed by atoms with E-state index in [1.165, 1.54) is 18.0 Å². The molecule has 0 aliphatic rings. The van der Waals surface area contributed by atoms with Gasteiger partial charge in [0.25, 0.3) is 5.78 Å². The van der Waals surface area contributed by atoms with Crippen molar-refractivity contribution >= 4 is 15.8 Å². The molecule has 0 aliphatic carbocycles. The number of sulfonamides is 1. The molecule has 2 N–H and O–H groups in total. The van der Waals surface area contributed by atoms with Gasteiger partial charge in [0.2, 0.25) is 21.8 Å². The molecule has 3 aromatic rings. The standard InChI is InChI=1S/C7H8N4O2.C6H5F3N2O2S/c1-12-5-3-6(13-2)11-7(10-5)8-4-9-11;7-6(8,9)5-4(14(10,12)13)2-1-3-11-5/h3-4H,1-2H3;1-3H,(H2,10,12,13). The van der Waals surface area contributed by atoms with Crippen LogP contribution in [0.25, 0.3) is 5.78 Å². The van der Waals surface area contributed by atoms with Gasteiger partial charge in [-0.3, -0.25) is 4.98 Å². The molecule has 0 amide bonds. The van der Waals surface area contributed by atoms with Crippen LogP contribution < -0.4 is 14.6 Å². The fraction of sp³-hybridized carbons (Fsp3) is 0.231. The van der Waals surface area contributed by atoms with Gasteiger partial charge in [0.15, 0.2) is 5.69 Å². The van der Waals surface area contributed by atoms with Crippen molar-refractivity contribution < 1.29 is 31.1 Å². The number of nitrogens with zero attached hydrogens (tertiary/aromatic N) is 5. The Balaban J connectivity index is 0.000000194. The molecule has 0 radical (unpaired) electrons. The first kappa shape index (κ1) is 20.3. The topological polar surface area (TPSA) is 135 Å². The Morgan fingerprint density at radius 3 is 2.41 bits per heavy atom. The van der Waals surface area contributed by atoms with E-state index in [-0.39, 0.29) is 0 Å². The van der Waals surface area contributed by atoms with Gasteiger partial charge < -0.3 is 9.47 Å². The summed E-state index contributed by atoms with van der Waals surface area (Å²) in [6.45, 7) is 0. The maximum Gasteiger partial charge on any atom is 0.434 e. The van der Waals surface area contributed by atoms with Gasteiger partial charge in [-0.05, 0) is 12.1 Å². The number of rotatable bonds is 3. The molecule has 0 aromatic carbocycles. The summed E-state index contributed by atoms with van der Waals surface area (Å²) in [6, 6.07) is 3.46. The van der Waals surface area contributed by atoms with Crippen LogP contribution in [-0.4, -0.2) is 47.2 Å². The monoisotopic (exact) mass is 406 g/mol. The van der Waals surface area contributed by atoms with Crippen molar-refractivity contribution in [2.75, 3.05) is 14.2 Å². The second kappa shape index (κ2) is 7.71. The van der Waals surface area contributed by atoms with Gasteiger partial charge in [0.1, 0.15) is 11.2 Å². The molecule has 0 unspecified atom stereocenters. The van der Waals surface area contributed by atoms with Gasteiger partial charge in [0.05, 0.1) is 20.3 Å². The molecule has 3 rings (SSSR count). The minimum atomic E-state index is -4.83. The van der Waals surface area contributed by atoms with Crippen LogP contribution in [0.1, 0.15) is 5.69 Å². The number of nitrogens with two attached hydrogens (primary N) is 1. The van der Waals surface area contributed by atoms with Crippen LogP contribution in [0.4, 0.5) is 13.2 Å². The number of alkyl halides is 3. The average molecular weight is 406 g/mol. The Morgan fingerprint density at radius 2 is 1.89 bits per heavy atom. The van der Waals surface area contributed by atoms with E-state index in [9.17, 15) is 21.6 Å². The molecule has 0 atom stereocenters. The van der Waals surface area contributed by atoms with E-state index in [1.807, 2.05) is 0 Å². The van der Waals surface area contributed by atoms with E-state index in [0.29, 0.717) is 17.5 Å². The van der Waals surface area contributed by atoms with Crippen molar-refractivity contribution in [2.45, 2.75) is 11.1 Å². The van der Waals surface area contributed by atoms with E-state index in [4.69, 9.17) is 9.47 Å². The summed E-state index contributed by atoms with van der Waals surface area (Å²) in [5.41, 5.74) is -1.50. The molecular weight excluding hydrogens is 393 g/mol. The number of pyridine rings is 1. The normalized spacial score (nSPS) is 11.6. The number of halogens is 3. The van der Waals surface area contributed by atoms with Gasteiger partial charge in [-0.2, -0.15) is 32.8 Å². The molecule has 3 aromatic heterocycles. The summed E-state index contributed by atoms with van der Waals surface area (Å²) in [5.74, 6) is 1.45. The lowest BCUT2D eigenvalue weighted by molar-refractivity contribution is -0.143. The molecule has 10 nitrogen and oxygen atoms in total. The van der Waals surface area contributed by atoms with Crippen LogP contribution in [0, 0.1) is 0 Å². The zero-order valence-electron chi connectivity index (χ0n) is 13.9. The quantitative estimate of drug-likeness (QED) is 0.678. The van der Waals surface area contributed by atoms with Crippen molar-refractivity contribution in [3.63, 3.8) is 0 Å². The Morgan fingerprint density at radius 1 is 1.19 bits per heavy atom. The highest BCUT2D eigenvalue weighted by molar-refractivity contribution is 7.89. The maximum absolute atomic E-state index is 12.2. The van der Waals surface area contributed by atoms with Crippen molar-refractivity contribution in [1.82, 2.24) is 24.6 Å². The number of methoxy groups -OCH3 is 2. The fourth-order valence-electron chi connectivity index (χ4n) is 1.85. The zero-order chi connectivity index (χ0) is 20.2. The summed E-state index contributed by atoms with van der Waals surface area (Å²) in [6.07, 6.45) is -2.58. The van der Waals surface area contributed by atoms with E-state index in [1.54, 1.807) is 13.2 Å². The number of fused-ring (bicyclic) bond motifs is 1. The van der Waals surface area contributed by atoms with Crippen LogP contribution in [0.3, 0.4) is 0 Å². The molecule has 27 heavy (non-hydrogen) atoms. The highest BCUT2D eigenvalue weighted by Gasteiger charge is 2.37. The number of aromatic nitrogens is 5. The van der Waals surface area contributed by atoms with Crippen LogP contribution in [0.2, 0.25) is 0 Å². The van der Waals surface area contributed by atoms with Gasteiger partial charge in [-0.1, -0.05) is 0 Å². The molecule has 0 spiro atoms. The Labute approximate surface area is 150 Å². The first-order chi connectivity index (χ1) is 12.6. The third-order valence-corrected chi connectivity index (χ3v) is 3.90. The smallest absolute Gasteiger partial charge is 0.434 e. The Bertz CT molecular complexity index is 1040. The minimum absolute atomic E-state index is 0.455. The SMILES string of the molecule is COc1cc(OC)n2ncnc2n1.NS(=O)(=O)c1cccnc1C(F)(F)F. The van der Waals surface area contributed by atoms with E-state index >= 15 is 0 Å². The summed E-state index contributed by atoms with van der Waals surface area (Å²) < 4.78 is 69.6. The second-order valence-corrected chi connectivity index (χ2v) is 6.24. The van der Waals surface area contributed by atoms with Crippen molar-refractivity contribution in [1.29, 1.82) is 0 Å². The minimum Gasteiger partial charge on any atom is -0.481 e. The summed E-state index contributed by atoms with van der Waals surface area (Å²) in [5, 5.41) is 8.51. The maximum atomic E-state index is 12.2. The highest BCUT2D eigenvalue weighted by Crippen LogP contribution is 2.31. The highest BCUT2D eigenvalue weighted by atomic mass is 32.2. The van der Waals surface area contributed by atoms with Crippen LogP contribution in [0.5, 0.6) is 11.8 Å². The van der Waals surface area contributed by atoms with Crippen LogP contribution in [-0.2, 0) is 16.2 Å². The predicted octanol–water partition coefficient (Wildman–Crippen LogP) is 0.889. The molecule has 0 saturated carbocycles. The third kappa shape index (κ3) is 4.79. The van der Waals surface area contributed by atoms with Gasteiger partial charge in [0, 0.05) is 6.20 Å². The summed E-state index contributed by atoms with van der Waals surface area (Å²) in [7, 11) is -1.31. The summed E-state index contributed by atoms with van der Waals surface area (Å²) in [4.78, 5) is 9.88. The molecule has 146 valence electrons. The molecule has 0 saturated heterocycles. The lowest BCUT2D eigenvalue weighted by atomic mass is 10.3. The first-order valence-corrected chi connectivity index (χ1v) is 8.46. The Hall–Kier alpha value is -3.00. The van der Waals surface area contributed by atoms with Crippen molar-refractivity contribution in [3.8, 4) is 11.8 Å². The first-order valence-electron chi connectivity index (χ1n) is 6.91. The Kier molecular flexibility index (Phi) is 5.80. The fourth-order valence-corrected chi connectivity index (χ4v) is 2.55. The lowest BCUT2D eigenvalue weighted by Crippen LogP contribution is -2.20. The molecule has 0 aliphatic heterocycles. The predicted molar refractivity (Wildman–Crippen MR) is 84.5 cm³/mol. The van der Waals surface area contributed by atoms with Gasteiger partial charge in [-0.15, -0.1) is 0 Å². The van der Waals surface area contributed by atoms with Crippen molar-refractivity contribution in [3.05, 3.63) is 36.4 Å². The number of primary sulfonamides is 1. The zero-order valence-corrected chi connectivity index (χ0v) is 14.7. The molecule has 0 bridgehead atoms. The molecule has 14 heteroatoms. The largest absolute Gasteiger partial charge is 0.481 e. The molecular formula is C13H13F3N6O4S. The second-order valence-electron chi connectivity index (χ2n) is 4.71. The number of hydrogen-bond donors (Lipinski definition) is 1. The van der Waals surface area contributed by atoms with Crippen LogP contribution in [0.15, 0.2) is 35.6 Å². The van der Waals surface area contributed by atoms with Gasteiger partial charge in [-0.25, -0.2) is 13.6 Å². The van der Waals surface area contributed by atoms with Gasteiger partial charge >= 0.3 is 6.18 Å². The summed E-state index contributed by atoms with van der Waals surface area (Å²) >= 11 is 0. The number of hydrogen-bond acceptors (Lipinski definition) is 8. The van der Waals surface area contributed by atoms with E-state index in [2.05, 4.69) is 25.2 Å². The molecule has 3 heterocycles. The van der Waals surface area contributed by atoms with Crippen molar-refractivity contribution in [2.24, 2.45) is 5.14 Å². The average Bonchev–Trinajstić information content (AvgIpc) is 3.08. The van der Waals surface area contributed by atoms with E-state index < -0.39 is 26.8 Å². The third-order valence-electron chi connectivity index (χ3n) is 2.96. The number of ether oxygens (including phenoxy) is 2. The van der Waals surface area contributed by atoms with E-state index in [0.717, 1.165) is 18.3 Å².